The number of hydrogen-bond acceptors (Lipinski definition) is 8. The van der Waals surface area contributed by atoms with Gasteiger partial charge in [-0.15, -0.1) is 0 Å². The first kappa shape index (κ1) is 28.3. The molecule has 0 amide bonds. The highest BCUT2D eigenvalue weighted by Crippen LogP contribution is 2.50. The molecule has 8 nitrogen and oxygen atoms in total. The molecule has 0 saturated carbocycles. The molecule has 1 aromatic carbocycles. The van der Waals surface area contributed by atoms with E-state index in [4.69, 9.17) is 18.9 Å². The Morgan fingerprint density at radius 2 is 1.09 bits per heavy atom. The number of carbonyl (C=O) groups excluding carboxylic acids is 4. The van der Waals surface area contributed by atoms with Crippen molar-refractivity contribution in [2.75, 3.05) is 14.2 Å². The van der Waals surface area contributed by atoms with Crippen molar-refractivity contribution in [3.8, 4) is 0 Å². The van der Waals surface area contributed by atoms with Gasteiger partial charge in [-0.2, -0.15) is 0 Å². The van der Waals surface area contributed by atoms with E-state index in [0.717, 1.165) is 11.1 Å². The highest BCUT2D eigenvalue weighted by Gasteiger charge is 2.47. The molecule has 1 aromatic rings. The van der Waals surface area contributed by atoms with Gasteiger partial charge in [0.05, 0.1) is 25.0 Å². The standard InChI is InChI=1S/C24H30Br2O8/c1-23(2,11-15(25)19(27)31-5)21(29)33-17-13-9-7-8-10-14(13)18(17)34-22(30)24(3,4)12-16(26)20(28)32-6/h7-10,15-18H,11-12H2,1-6H3/t15?,16?,17-,18+. The van der Waals surface area contributed by atoms with E-state index in [9.17, 15) is 19.2 Å². The number of benzene rings is 1. The molecule has 0 N–H and O–H groups in total. The molecule has 2 rings (SSSR count). The first-order valence-electron chi connectivity index (χ1n) is 10.7. The summed E-state index contributed by atoms with van der Waals surface area (Å²) in [5.74, 6) is -2.04. The summed E-state index contributed by atoms with van der Waals surface area (Å²) in [6.45, 7) is 6.68. The summed E-state index contributed by atoms with van der Waals surface area (Å²) in [5.41, 5.74) is -0.522. The highest BCUT2D eigenvalue weighted by atomic mass is 79.9. The molecule has 2 unspecified atom stereocenters. The SMILES string of the molecule is COC(=O)C(Br)CC(C)(C)C(=O)O[C@@H]1c2ccccc2[C@@H]1OC(=O)C(C)(C)CC(Br)C(=O)OC. The van der Waals surface area contributed by atoms with Crippen LogP contribution in [0, 0.1) is 10.8 Å². The molecule has 188 valence electrons. The summed E-state index contributed by atoms with van der Waals surface area (Å²) in [7, 11) is 2.55. The average Bonchev–Trinajstić information content (AvgIpc) is 2.78. The van der Waals surface area contributed by atoms with Crippen LogP contribution in [0.5, 0.6) is 0 Å². The molecule has 1 aliphatic rings. The molecule has 0 spiro atoms. The Bertz CT molecular complexity index is 868. The number of rotatable bonds is 10. The molecule has 0 aliphatic heterocycles. The largest absolute Gasteiger partial charge is 0.468 e. The summed E-state index contributed by atoms with van der Waals surface area (Å²) < 4.78 is 21.0. The molecule has 0 fully saturated rings. The van der Waals surface area contributed by atoms with Crippen LogP contribution in [0.25, 0.3) is 0 Å². The number of esters is 4. The highest BCUT2D eigenvalue weighted by molar-refractivity contribution is 9.10. The minimum Gasteiger partial charge on any atom is -0.468 e. The van der Waals surface area contributed by atoms with Gasteiger partial charge in [-0.05, 0) is 40.5 Å². The smallest absolute Gasteiger partial charge is 0.319 e. The fourth-order valence-corrected chi connectivity index (χ4v) is 5.54. The zero-order valence-electron chi connectivity index (χ0n) is 20.1. The summed E-state index contributed by atoms with van der Waals surface area (Å²) in [5, 5.41) is 0. The predicted molar refractivity (Wildman–Crippen MR) is 130 cm³/mol. The van der Waals surface area contributed by atoms with Crippen LogP contribution in [0.4, 0.5) is 0 Å². The summed E-state index contributed by atoms with van der Waals surface area (Å²) in [4.78, 5) is 48.2. The third kappa shape index (κ3) is 6.38. The van der Waals surface area contributed by atoms with Crippen molar-refractivity contribution >= 4 is 55.7 Å². The van der Waals surface area contributed by atoms with Crippen molar-refractivity contribution in [3.05, 3.63) is 35.4 Å². The quantitative estimate of drug-likeness (QED) is 0.217. The van der Waals surface area contributed by atoms with Gasteiger partial charge in [0.15, 0.2) is 12.2 Å². The zero-order valence-corrected chi connectivity index (χ0v) is 23.2. The molecule has 34 heavy (non-hydrogen) atoms. The van der Waals surface area contributed by atoms with Gasteiger partial charge in [0.2, 0.25) is 0 Å². The van der Waals surface area contributed by atoms with Crippen LogP contribution in [-0.4, -0.2) is 47.8 Å². The second kappa shape index (κ2) is 11.2. The normalized spacial score (nSPS) is 19.1. The van der Waals surface area contributed by atoms with Crippen LogP contribution in [0.1, 0.15) is 63.9 Å². The van der Waals surface area contributed by atoms with E-state index in [1.165, 1.54) is 14.2 Å². The van der Waals surface area contributed by atoms with E-state index < -0.39 is 56.6 Å². The van der Waals surface area contributed by atoms with Crippen molar-refractivity contribution in [1.29, 1.82) is 0 Å². The molecule has 0 bridgehead atoms. The maximum atomic E-state index is 13.0. The first-order valence-corrected chi connectivity index (χ1v) is 12.5. The minimum atomic E-state index is -1.01. The number of fused-ring (bicyclic) bond motifs is 1. The fraction of sp³-hybridized carbons (Fsp3) is 0.583. The van der Waals surface area contributed by atoms with Crippen molar-refractivity contribution in [1.82, 2.24) is 0 Å². The lowest BCUT2D eigenvalue weighted by molar-refractivity contribution is -0.186. The van der Waals surface area contributed by atoms with Gasteiger partial charge in [0.1, 0.15) is 9.65 Å². The topological polar surface area (TPSA) is 105 Å². The van der Waals surface area contributed by atoms with Crippen molar-refractivity contribution in [2.24, 2.45) is 10.8 Å². The number of carbonyl (C=O) groups is 4. The maximum absolute atomic E-state index is 13.0. The number of hydrogen-bond donors (Lipinski definition) is 0. The Morgan fingerprint density at radius 3 is 1.38 bits per heavy atom. The van der Waals surface area contributed by atoms with E-state index in [1.54, 1.807) is 27.7 Å². The Hall–Kier alpha value is -1.94. The molecular formula is C24H30Br2O8. The molecule has 0 saturated heterocycles. The van der Waals surface area contributed by atoms with Gasteiger partial charge in [0, 0.05) is 11.1 Å². The maximum Gasteiger partial charge on any atom is 0.319 e. The third-order valence-electron chi connectivity index (χ3n) is 5.75. The van der Waals surface area contributed by atoms with Gasteiger partial charge in [0.25, 0.3) is 0 Å². The Morgan fingerprint density at radius 1 is 0.765 bits per heavy atom. The third-order valence-corrected chi connectivity index (χ3v) is 7.15. The lowest BCUT2D eigenvalue weighted by Gasteiger charge is -2.40. The molecule has 10 heteroatoms. The zero-order chi connectivity index (χ0) is 25.8. The number of halogens is 2. The molecule has 4 atom stereocenters. The van der Waals surface area contributed by atoms with Crippen LogP contribution >= 0.6 is 31.9 Å². The monoisotopic (exact) mass is 604 g/mol. The fourth-order valence-electron chi connectivity index (χ4n) is 3.54. The molecule has 1 aliphatic carbocycles. The lowest BCUT2D eigenvalue weighted by Crippen LogP contribution is -2.40. The van der Waals surface area contributed by atoms with E-state index in [1.807, 2.05) is 24.3 Å². The van der Waals surface area contributed by atoms with Crippen LogP contribution in [0.15, 0.2) is 24.3 Å². The van der Waals surface area contributed by atoms with Crippen LogP contribution < -0.4 is 0 Å². The second-order valence-corrected chi connectivity index (χ2v) is 11.6. The van der Waals surface area contributed by atoms with Crippen LogP contribution in [0.3, 0.4) is 0 Å². The van der Waals surface area contributed by atoms with Crippen molar-refractivity contribution in [3.63, 3.8) is 0 Å². The lowest BCUT2D eigenvalue weighted by atomic mass is 9.80. The van der Waals surface area contributed by atoms with Crippen LogP contribution in [-0.2, 0) is 38.1 Å². The number of ether oxygens (including phenoxy) is 4. The van der Waals surface area contributed by atoms with E-state index in [-0.39, 0.29) is 12.8 Å². The van der Waals surface area contributed by atoms with E-state index in [0.29, 0.717) is 0 Å². The molecule has 0 aromatic heterocycles. The Kier molecular flexibility index (Phi) is 9.32. The predicted octanol–water partition coefficient (Wildman–Crippen LogP) is 4.57. The molecule has 0 heterocycles. The van der Waals surface area contributed by atoms with Gasteiger partial charge >= 0.3 is 23.9 Å². The number of alkyl halides is 2. The average molecular weight is 606 g/mol. The van der Waals surface area contributed by atoms with E-state index in [2.05, 4.69) is 31.9 Å². The molecular weight excluding hydrogens is 576 g/mol. The van der Waals surface area contributed by atoms with Crippen molar-refractivity contribution in [2.45, 2.75) is 62.4 Å². The molecule has 0 radical (unpaired) electrons. The first-order chi connectivity index (χ1) is 15.7. The number of methoxy groups -OCH3 is 2. The van der Waals surface area contributed by atoms with Crippen LogP contribution in [0.2, 0.25) is 0 Å². The van der Waals surface area contributed by atoms with Gasteiger partial charge in [-0.25, -0.2) is 0 Å². The summed E-state index contributed by atoms with van der Waals surface area (Å²) in [6.07, 6.45) is -1.25. The minimum absolute atomic E-state index is 0.157. The summed E-state index contributed by atoms with van der Waals surface area (Å²) >= 11 is 6.49. The van der Waals surface area contributed by atoms with E-state index >= 15 is 0 Å². The Labute approximate surface area is 216 Å². The van der Waals surface area contributed by atoms with Crippen molar-refractivity contribution < 1.29 is 38.1 Å². The summed E-state index contributed by atoms with van der Waals surface area (Å²) in [6, 6.07) is 7.24. The van der Waals surface area contributed by atoms with Gasteiger partial charge in [-0.3, -0.25) is 19.2 Å². The van der Waals surface area contributed by atoms with Gasteiger partial charge in [-0.1, -0.05) is 56.1 Å². The second-order valence-electron chi connectivity index (χ2n) is 9.44. The van der Waals surface area contributed by atoms with Gasteiger partial charge < -0.3 is 18.9 Å². The Balaban J connectivity index is 2.15.